The van der Waals surface area contributed by atoms with Gasteiger partial charge in [-0.2, -0.15) is 0 Å². The molecular weight excluding hydrogens is 825 g/mol. The van der Waals surface area contributed by atoms with Gasteiger partial charge in [0.25, 0.3) is 0 Å². The van der Waals surface area contributed by atoms with Crippen molar-refractivity contribution < 1.29 is 0 Å². The van der Waals surface area contributed by atoms with E-state index in [-0.39, 0.29) is 5.92 Å². The van der Waals surface area contributed by atoms with E-state index < -0.39 is 0 Å². The third-order valence-corrected chi connectivity index (χ3v) is 14.8. The fourth-order valence-electron chi connectivity index (χ4n) is 11.8. The minimum Gasteiger partial charge on any atom is -0.312 e. The predicted molar refractivity (Wildman–Crippen MR) is 285 cm³/mol. The Bertz CT molecular complexity index is 4370. The molecule has 0 spiro atoms. The Balaban J connectivity index is 0.959. The van der Waals surface area contributed by atoms with Gasteiger partial charge in [0.05, 0.1) is 33.4 Å². The van der Waals surface area contributed by atoms with Gasteiger partial charge in [-0.1, -0.05) is 176 Å². The molecule has 0 amide bonds. The summed E-state index contributed by atoms with van der Waals surface area (Å²) in [7, 11) is 0. The second kappa shape index (κ2) is 14.3. The zero-order valence-electron chi connectivity index (χ0n) is 36.9. The summed E-state index contributed by atoms with van der Waals surface area (Å²) in [5.74, 6) is 1.25. The summed E-state index contributed by atoms with van der Waals surface area (Å²) in [6.45, 7) is 0. The van der Waals surface area contributed by atoms with Gasteiger partial charge in [-0.25, -0.2) is 9.97 Å². The SMILES string of the molecule is C1=CC2C=Cc3c(n(-c4cccc5c4c4cc6ccccc6cc4n5-c4cccc(-c5nc(-c6ccc7c8ccccc8c8ccccc8c7c6)nc6ccccc56)c4)c4ccccc34)C2C=C1. The van der Waals surface area contributed by atoms with Crippen molar-refractivity contribution in [3.05, 3.63) is 236 Å². The molecule has 0 saturated heterocycles. The molecule has 3 heterocycles. The number of para-hydroxylation sites is 2. The van der Waals surface area contributed by atoms with E-state index in [2.05, 4.69) is 240 Å². The average Bonchev–Trinajstić information content (AvgIpc) is 3.92. The summed E-state index contributed by atoms with van der Waals surface area (Å²) in [6.07, 6.45) is 13.9. The highest BCUT2D eigenvalue weighted by atomic mass is 15.0. The van der Waals surface area contributed by atoms with Gasteiger partial charge >= 0.3 is 0 Å². The molecule has 4 nitrogen and oxygen atoms in total. The largest absolute Gasteiger partial charge is 0.312 e. The molecule has 0 N–H and O–H groups in total. The van der Waals surface area contributed by atoms with Gasteiger partial charge in [0.1, 0.15) is 0 Å². The van der Waals surface area contributed by atoms with Crippen LogP contribution >= 0.6 is 0 Å². The first kappa shape index (κ1) is 37.4. The van der Waals surface area contributed by atoms with Crippen molar-refractivity contribution in [2.24, 2.45) is 5.92 Å². The Morgan fingerprint density at radius 2 is 1.06 bits per heavy atom. The van der Waals surface area contributed by atoms with Crippen molar-refractivity contribution in [1.82, 2.24) is 19.1 Å². The number of hydrogen-bond acceptors (Lipinski definition) is 2. The lowest BCUT2D eigenvalue weighted by Gasteiger charge is -2.28. The number of allylic oxidation sites excluding steroid dienone is 5. The summed E-state index contributed by atoms with van der Waals surface area (Å²) in [6, 6.07) is 70.9. The molecule has 0 bridgehead atoms. The van der Waals surface area contributed by atoms with Crippen LogP contribution in [0.4, 0.5) is 0 Å². The van der Waals surface area contributed by atoms with E-state index in [0.717, 1.165) is 44.4 Å². The highest BCUT2D eigenvalue weighted by molar-refractivity contribution is 6.26. The number of nitrogens with zero attached hydrogens (tertiary/aromatic N) is 4. The molecule has 2 unspecified atom stereocenters. The van der Waals surface area contributed by atoms with Crippen molar-refractivity contribution in [3.63, 3.8) is 0 Å². The van der Waals surface area contributed by atoms with E-state index in [1.54, 1.807) is 0 Å². The zero-order chi connectivity index (χ0) is 44.5. The van der Waals surface area contributed by atoms with E-state index in [9.17, 15) is 0 Å². The Morgan fingerprint density at radius 3 is 1.88 bits per heavy atom. The van der Waals surface area contributed by atoms with Crippen LogP contribution in [0.25, 0.3) is 127 Å². The van der Waals surface area contributed by atoms with Gasteiger partial charge < -0.3 is 9.13 Å². The quantitative estimate of drug-likeness (QED) is 0.165. The van der Waals surface area contributed by atoms with Crippen LogP contribution in [0.5, 0.6) is 0 Å². The van der Waals surface area contributed by atoms with Crippen LogP contribution in [0.15, 0.2) is 225 Å². The predicted octanol–water partition coefficient (Wildman–Crippen LogP) is 16.5. The molecule has 4 heteroatoms. The van der Waals surface area contributed by atoms with Crippen molar-refractivity contribution in [2.75, 3.05) is 0 Å². The van der Waals surface area contributed by atoms with E-state index in [1.165, 1.54) is 81.7 Å². The molecule has 2 aliphatic carbocycles. The molecule has 3 aromatic heterocycles. The number of benzene rings is 10. The lowest BCUT2D eigenvalue weighted by Crippen LogP contribution is -2.16. The molecule has 13 aromatic rings. The first-order chi connectivity index (χ1) is 33.7. The molecule has 316 valence electrons. The Labute approximate surface area is 391 Å². The monoisotopic (exact) mass is 864 g/mol. The molecule has 0 saturated carbocycles. The molecule has 15 rings (SSSR count). The second-order valence-corrected chi connectivity index (χ2v) is 18.4. The van der Waals surface area contributed by atoms with Crippen molar-refractivity contribution in [2.45, 2.75) is 5.92 Å². The normalized spacial score (nSPS) is 15.5. The molecule has 2 atom stereocenters. The van der Waals surface area contributed by atoms with E-state index >= 15 is 0 Å². The summed E-state index contributed by atoms with van der Waals surface area (Å²) >= 11 is 0. The number of rotatable bonds is 4. The van der Waals surface area contributed by atoms with Crippen LogP contribution in [0.1, 0.15) is 17.2 Å². The van der Waals surface area contributed by atoms with Crippen LogP contribution in [0, 0.1) is 5.92 Å². The summed E-state index contributed by atoms with van der Waals surface area (Å²) < 4.78 is 5.04. The maximum Gasteiger partial charge on any atom is 0.160 e. The van der Waals surface area contributed by atoms with Gasteiger partial charge in [0.15, 0.2) is 5.82 Å². The van der Waals surface area contributed by atoms with E-state index in [1.807, 2.05) is 0 Å². The Hall–Kier alpha value is -8.86. The zero-order valence-corrected chi connectivity index (χ0v) is 36.9. The van der Waals surface area contributed by atoms with Gasteiger partial charge in [-0.15, -0.1) is 0 Å². The second-order valence-electron chi connectivity index (χ2n) is 18.4. The Kier molecular flexibility index (Phi) is 7.87. The standard InChI is InChI=1S/C64H40N4/c1-2-17-41-38-60-55(36-40(41)16-1)61-58(29-14-30-59(61)68-57-28-12-10-25-51(57)52-34-31-39-15-3-4-20-45(39)63(52)68)67(60)44-19-13-18-42(35-44)62-53-26-9-11-27-56(53)65-64(66-62)43-32-33-50-48-23-6-5-21-46(48)47-22-7-8-24-49(47)54(50)37-43/h1-39,45H. The highest BCUT2D eigenvalue weighted by Crippen LogP contribution is 2.47. The lowest BCUT2D eigenvalue weighted by molar-refractivity contribution is 0.662. The topological polar surface area (TPSA) is 35.6 Å². The van der Waals surface area contributed by atoms with Crippen LogP contribution < -0.4 is 0 Å². The molecule has 0 radical (unpaired) electrons. The van der Waals surface area contributed by atoms with Gasteiger partial charge in [0.2, 0.25) is 0 Å². The van der Waals surface area contributed by atoms with Gasteiger partial charge in [-0.3, -0.25) is 0 Å². The summed E-state index contributed by atoms with van der Waals surface area (Å²) in [5.41, 5.74) is 12.3. The maximum atomic E-state index is 5.49. The molecular formula is C64H40N4. The van der Waals surface area contributed by atoms with Crippen LogP contribution in [0.3, 0.4) is 0 Å². The van der Waals surface area contributed by atoms with Crippen molar-refractivity contribution in [1.29, 1.82) is 0 Å². The molecule has 2 aliphatic rings. The fraction of sp³-hybridized carbons (Fsp3) is 0.0312. The minimum atomic E-state index is 0.231. The van der Waals surface area contributed by atoms with Gasteiger partial charge in [-0.05, 0) is 97.7 Å². The molecule has 0 fully saturated rings. The lowest BCUT2D eigenvalue weighted by atomic mass is 9.80. The minimum absolute atomic E-state index is 0.231. The summed E-state index contributed by atoms with van der Waals surface area (Å²) in [4.78, 5) is 10.7. The van der Waals surface area contributed by atoms with Crippen LogP contribution in [0.2, 0.25) is 0 Å². The summed E-state index contributed by atoms with van der Waals surface area (Å²) in [5, 5.41) is 14.6. The van der Waals surface area contributed by atoms with E-state index in [0.29, 0.717) is 11.7 Å². The number of hydrogen-bond donors (Lipinski definition) is 0. The van der Waals surface area contributed by atoms with E-state index in [4.69, 9.17) is 9.97 Å². The third kappa shape index (κ3) is 5.37. The van der Waals surface area contributed by atoms with Gasteiger partial charge in [0, 0.05) is 61.5 Å². The Morgan fingerprint density at radius 1 is 0.397 bits per heavy atom. The third-order valence-electron chi connectivity index (χ3n) is 14.8. The van der Waals surface area contributed by atoms with Crippen molar-refractivity contribution in [3.8, 4) is 34.0 Å². The number of aromatic nitrogens is 4. The molecule has 10 aromatic carbocycles. The maximum absolute atomic E-state index is 5.49. The highest BCUT2D eigenvalue weighted by Gasteiger charge is 2.31. The smallest absolute Gasteiger partial charge is 0.160 e. The first-order valence-corrected chi connectivity index (χ1v) is 23.6. The van der Waals surface area contributed by atoms with Crippen molar-refractivity contribution >= 4 is 92.8 Å². The fourth-order valence-corrected chi connectivity index (χ4v) is 11.8. The molecule has 0 aliphatic heterocycles. The average molecular weight is 865 g/mol. The number of fused-ring (bicyclic) bond motifs is 16. The van der Waals surface area contributed by atoms with Crippen LogP contribution in [-0.2, 0) is 0 Å². The molecule has 68 heavy (non-hydrogen) atoms. The first-order valence-electron chi connectivity index (χ1n) is 23.6. The van der Waals surface area contributed by atoms with Crippen LogP contribution in [-0.4, -0.2) is 19.1 Å².